The molecule has 1 rings (SSSR count). The molecule has 0 fully saturated rings. The fourth-order valence-electron chi connectivity index (χ4n) is 1.10. The van der Waals surface area contributed by atoms with E-state index < -0.39 is 0 Å². The molecule has 1 nitrogen and oxygen atoms in total. The molecule has 0 amide bonds. The van der Waals surface area contributed by atoms with Crippen LogP contribution in [-0.2, 0) is 0 Å². The topological polar surface area (TPSA) is 12.0 Å². The smallest absolute Gasteiger partial charge is 0.146 e. The van der Waals surface area contributed by atoms with Gasteiger partial charge in [0.15, 0.2) is 0 Å². The number of hydrogen-bond donors (Lipinski definition) is 1. The predicted octanol–water partition coefficient (Wildman–Crippen LogP) is 3.12. The maximum atomic E-state index is 13.2. The molecule has 1 aromatic rings. The highest BCUT2D eigenvalue weighted by Crippen LogP contribution is 2.18. The van der Waals surface area contributed by atoms with Crippen LogP contribution in [0.1, 0.15) is 12.5 Å². The third-order valence-electron chi connectivity index (χ3n) is 1.79. The number of rotatable bonds is 3. The van der Waals surface area contributed by atoms with Crippen LogP contribution in [0.4, 0.5) is 10.1 Å². The van der Waals surface area contributed by atoms with Crippen LogP contribution in [0.2, 0.25) is 0 Å². The lowest BCUT2D eigenvalue weighted by Gasteiger charge is -2.09. The van der Waals surface area contributed by atoms with Gasteiger partial charge in [-0.1, -0.05) is 24.3 Å². The first-order valence-corrected chi connectivity index (χ1v) is 4.24. The van der Waals surface area contributed by atoms with E-state index in [1.54, 1.807) is 6.07 Å². The van der Waals surface area contributed by atoms with Crippen molar-refractivity contribution in [3.8, 4) is 0 Å². The van der Waals surface area contributed by atoms with Gasteiger partial charge in [0.05, 0.1) is 5.69 Å². The van der Waals surface area contributed by atoms with E-state index in [1.807, 2.05) is 19.9 Å². The second-order valence-corrected chi connectivity index (χ2v) is 3.24. The molecule has 2 heteroatoms. The molecule has 0 heterocycles. The Kier molecular flexibility index (Phi) is 3.07. The Morgan fingerprint density at radius 2 is 2.23 bits per heavy atom. The monoisotopic (exact) mass is 179 g/mol. The van der Waals surface area contributed by atoms with Crippen molar-refractivity contribution in [2.45, 2.75) is 13.8 Å². The number of para-hydroxylation sites is 1. The van der Waals surface area contributed by atoms with Crippen molar-refractivity contribution in [2.75, 3.05) is 11.9 Å². The van der Waals surface area contributed by atoms with Crippen molar-refractivity contribution in [1.82, 2.24) is 0 Å². The van der Waals surface area contributed by atoms with Crippen LogP contribution in [0.5, 0.6) is 0 Å². The molecular weight excluding hydrogens is 165 g/mol. The molecule has 0 radical (unpaired) electrons. The lowest BCUT2D eigenvalue weighted by atomic mass is 10.2. The molecule has 70 valence electrons. The highest BCUT2D eigenvalue weighted by atomic mass is 19.1. The van der Waals surface area contributed by atoms with E-state index in [0.29, 0.717) is 12.2 Å². The summed E-state index contributed by atoms with van der Waals surface area (Å²) in [5.41, 5.74) is 2.48. The van der Waals surface area contributed by atoms with Crippen molar-refractivity contribution in [1.29, 1.82) is 0 Å². The van der Waals surface area contributed by atoms with E-state index in [2.05, 4.69) is 11.9 Å². The van der Waals surface area contributed by atoms with Crippen LogP contribution < -0.4 is 5.32 Å². The first-order chi connectivity index (χ1) is 6.11. The zero-order valence-electron chi connectivity index (χ0n) is 8.02. The Labute approximate surface area is 78.3 Å². The maximum Gasteiger partial charge on any atom is 0.146 e. The van der Waals surface area contributed by atoms with E-state index >= 15 is 0 Å². The normalized spacial score (nSPS) is 9.77. The van der Waals surface area contributed by atoms with Gasteiger partial charge in [0, 0.05) is 6.54 Å². The summed E-state index contributed by atoms with van der Waals surface area (Å²) in [5, 5.41) is 3.01. The van der Waals surface area contributed by atoms with Crippen molar-refractivity contribution < 1.29 is 4.39 Å². The number of anilines is 1. The molecule has 0 saturated carbocycles. The van der Waals surface area contributed by atoms with Crippen LogP contribution >= 0.6 is 0 Å². The zero-order valence-corrected chi connectivity index (χ0v) is 8.02. The van der Waals surface area contributed by atoms with Gasteiger partial charge < -0.3 is 5.32 Å². The molecule has 0 atom stereocenters. The van der Waals surface area contributed by atoms with Crippen LogP contribution in [0, 0.1) is 12.7 Å². The van der Waals surface area contributed by atoms with Gasteiger partial charge in [-0.2, -0.15) is 0 Å². The summed E-state index contributed by atoms with van der Waals surface area (Å²) in [4.78, 5) is 0. The second-order valence-electron chi connectivity index (χ2n) is 3.24. The molecule has 0 aliphatic heterocycles. The van der Waals surface area contributed by atoms with Crippen molar-refractivity contribution in [3.63, 3.8) is 0 Å². The van der Waals surface area contributed by atoms with Gasteiger partial charge in [-0.3, -0.25) is 0 Å². The maximum absolute atomic E-state index is 13.2. The quantitative estimate of drug-likeness (QED) is 0.703. The Morgan fingerprint density at radius 1 is 1.54 bits per heavy atom. The summed E-state index contributed by atoms with van der Waals surface area (Å²) in [6.07, 6.45) is 0. The summed E-state index contributed by atoms with van der Waals surface area (Å²) < 4.78 is 13.2. The van der Waals surface area contributed by atoms with Gasteiger partial charge in [-0.15, -0.1) is 0 Å². The minimum Gasteiger partial charge on any atom is -0.379 e. The SMILES string of the molecule is C=C(C)CNc1c(C)cccc1F. The molecular formula is C11H14FN. The van der Waals surface area contributed by atoms with Gasteiger partial charge >= 0.3 is 0 Å². The first kappa shape index (κ1) is 9.78. The Balaban J connectivity index is 2.81. The van der Waals surface area contributed by atoms with Gasteiger partial charge in [0.25, 0.3) is 0 Å². The largest absolute Gasteiger partial charge is 0.379 e. The lowest BCUT2D eigenvalue weighted by Crippen LogP contribution is -2.05. The molecule has 1 N–H and O–H groups in total. The fourth-order valence-corrected chi connectivity index (χ4v) is 1.10. The Bertz CT molecular complexity index is 298. The van der Waals surface area contributed by atoms with Crippen molar-refractivity contribution in [2.24, 2.45) is 0 Å². The molecule has 1 aromatic carbocycles. The number of halogens is 1. The molecule has 0 saturated heterocycles. The molecule has 0 unspecified atom stereocenters. The third-order valence-corrected chi connectivity index (χ3v) is 1.79. The van der Waals surface area contributed by atoms with Crippen LogP contribution in [0.3, 0.4) is 0 Å². The van der Waals surface area contributed by atoms with Gasteiger partial charge in [-0.05, 0) is 25.5 Å². The fraction of sp³-hybridized carbons (Fsp3) is 0.273. The second kappa shape index (κ2) is 4.08. The molecule has 13 heavy (non-hydrogen) atoms. The standard InChI is InChI=1S/C11H14FN/c1-8(2)7-13-11-9(3)5-4-6-10(11)12/h4-6,13H,1,7H2,2-3H3. The van der Waals surface area contributed by atoms with E-state index in [1.165, 1.54) is 6.07 Å². The predicted molar refractivity (Wildman–Crippen MR) is 54.4 cm³/mol. The summed E-state index contributed by atoms with van der Waals surface area (Å²) in [6.45, 7) is 8.14. The summed E-state index contributed by atoms with van der Waals surface area (Å²) >= 11 is 0. The number of nitrogens with one attached hydrogen (secondary N) is 1. The van der Waals surface area contributed by atoms with Crippen LogP contribution in [0.25, 0.3) is 0 Å². The van der Waals surface area contributed by atoms with Gasteiger partial charge in [-0.25, -0.2) is 4.39 Å². The van der Waals surface area contributed by atoms with Crippen molar-refractivity contribution >= 4 is 5.69 Å². The third kappa shape index (κ3) is 2.58. The van der Waals surface area contributed by atoms with E-state index in [4.69, 9.17) is 0 Å². The summed E-state index contributed by atoms with van der Waals surface area (Å²) in [6, 6.07) is 5.04. The van der Waals surface area contributed by atoms with Crippen molar-refractivity contribution in [3.05, 3.63) is 41.7 Å². The lowest BCUT2D eigenvalue weighted by molar-refractivity contribution is 0.629. The van der Waals surface area contributed by atoms with E-state index in [9.17, 15) is 4.39 Å². The summed E-state index contributed by atoms with van der Waals surface area (Å²) in [5.74, 6) is -0.207. The highest BCUT2D eigenvalue weighted by molar-refractivity contribution is 5.52. The van der Waals surface area contributed by atoms with Gasteiger partial charge in [0.2, 0.25) is 0 Å². The minimum atomic E-state index is -0.207. The molecule has 0 aromatic heterocycles. The molecule has 0 spiro atoms. The first-order valence-electron chi connectivity index (χ1n) is 4.24. The number of benzene rings is 1. The minimum absolute atomic E-state index is 0.207. The highest BCUT2D eigenvalue weighted by Gasteiger charge is 2.02. The van der Waals surface area contributed by atoms with Gasteiger partial charge in [0.1, 0.15) is 5.82 Å². The Morgan fingerprint density at radius 3 is 2.77 bits per heavy atom. The average molecular weight is 179 g/mol. The number of hydrogen-bond acceptors (Lipinski definition) is 1. The summed E-state index contributed by atoms with van der Waals surface area (Å²) in [7, 11) is 0. The van der Waals surface area contributed by atoms with Crippen LogP contribution in [0.15, 0.2) is 30.4 Å². The molecule has 0 aliphatic rings. The number of aryl methyl sites for hydroxylation is 1. The van der Waals surface area contributed by atoms with Crippen LogP contribution in [-0.4, -0.2) is 6.54 Å². The van der Waals surface area contributed by atoms with E-state index in [0.717, 1.165) is 11.1 Å². The average Bonchev–Trinajstić information content (AvgIpc) is 2.03. The zero-order chi connectivity index (χ0) is 9.84. The van der Waals surface area contributed by atoms with E-state index in [-0.39, 0.29) is 5.82 Å². The molecule has 0 bridgehead atoms. The Hall–Kier alpha value is -1.31. The molecule has 0 aliphatic carbocycles.